The maximum absolute atomic E-state index is 13.1. The van der Waals surface area contributed by atoms with Crippen molar-refractivity contribution in [2.24, 2.45) is 0 Å². The number of imidazole rings is 1. The first-order valence-electron chi connectivity index (χ1n) is 8.57. The minimum Gasteiger partial charge on any atom is -0.470 e. The van der Waals surface area contributed by atoms with E-state index >= 15 is 0 Å². The van der Waals surface area contributed by atoms with Crippen LogP contribution in [0.25, 0.3) is 5.65 Å². The van der Waals surface area contributed by atoms with Gasteiger partial charge in [0.2, 0.25) is 0 Å². The number of ether oxygens (including phenoxy) is 1. The molecule has 0 amide bonds. The summed E-state index contributed by atoms with van der Waals surface area (Å²) in [6.45, 7) is 1.82. The molecule has 3 aromatic heterocycles. The number of nitrogens with zero attached hydrogens (tertiary/aromatic N) is 4. The summed E-state index contributed by atoms with van der Waals surface area (Å²) in [5.41, 5.74) is 1.74. The number of benzene rings is 1. The Balaban J connectivity index is 1.73. The van der Waals surface area contributed by atoms with Gasteiger partial charge < -0.3 is 4.74 Å². The van der Waals surface area contributed by atoms with E-state index in [4.69, 9.17) is 16.3 Å². The predicted molar refractivity (Wildman–Crippen MR) is 109 cm³/mol. The van der Waals surface area contributed by atoms with Gasteiger partial charge in [-0.15, -0.1) is 0 Å². The lowest BCUT2D eigenvalue weighted by atomic mass is 10.2. The highest BCUT2D eigenvalue weighted by Gasteiger charge is 2.23. The van der Waals surface area contributed by atoms with Gasteiger partial charge in [0.1, 0.15) is 6.61 Å². The molecule has 3 heterocycles. The third kappa shape index (κ3) is 3.87. The minimum absolute atomic E-state index is 0.0697. The zero-order valence-corrected chi connectivity index (χ0v) is 16.9. The SMILES string of the molecule is Cc1c(Cl)cccc1S(=O)(=O)Nc1c(OCc2cccnc2)ncc2nccn12. The number of nitrogens with one attached hydrogen (secondary N) is 1. The molecule has 29 heavy (non-hydrogen) atoms. The van der Waals surface area contributed by atoms with E-state index in [2.05, 4.69) is 19.7 Å². The van der Waals surface area contributed by atoms with Crippen LogP contribution in [-0.4, -0.2) is 27.8 Å². The molecule has 0 radical (unpaired) electrons. The Morgan fingerprint density at radius 2 is 2.00 bits per heavy atom. The van der Waals surface area contributed by atoms with Crippen molar-refractivity contribution in [1.29, 1.82) is 0 Å². The largest absolute Gasteiger partial charge is 0.470 e. The third-order valence-electron chi connectivity index (χ3n) is 4.25. The number of sulfonamides is 1. The van der Waals surface area contributed by atoms with Crippen LogP contribution in [0.1, 0.15) is 11.1 Å². The smallest absolute Gasteiger partial charge is 0.263 e. The molecule has 0 aliphatic carbocycles. The Bertz CT molecular complexity index is 1280. The molecule has 0 atom stereocenters. The maximum atomic E-state index is 13.1. The average Bonchev–Trinajstić information content (AvgIpc) is 3.19. The fourth-order valence-electron chi connectivity index (χ4n) is 2.77. The number of hydrogen-bond acceptors (Lipinski definition) is 6. The van der Waals surface area contributed by atoms with Crippen LogP contribution in [0.4, 0.5) is 5.82 Å². The van der Waals surface area contributed by atoms with E-state index in [-0.39, 0.29) is 23.2 Å². The Morgan fingerprint density at radius 3 is 2.79 bits per heavy atom. The monoisotopic (exact) mass is 429 g/mol. The lowest BCUT2D eigenvalue weighted by molar-refractivity contribution is 0.294. The van der Waals surface area contributed by atoms with E-state index in [1.807, 2.05) is 6.07 Å². The van der Waals surface area contributed by atoms with E-state index in [0.717, 1.165) is 5.56 Å². The highest BCUT2D eigenvalue weighted by atomic mass is 35.5. The minimum atomic E-state index is -3.96. The first kappa shape index (κ1) is 19.2. The summed E-state index contributed by atoms with van der Waals surface area (Å²) in [4.78, 5) is 12.5. The van der Waals surface area contributed by atoms with Crippen LogP contribution in [0.15, 0.2) is 66.2 Å². The van der Waals surface area contributed by atoms with Gasteiger partial charge in [0, 0.05) is 35.4 Å². The molecule has 1 aromatic carbocycles. The second kappa shape index (κ2) is 7.69. The van der Waals surface area contributed by atoms with E-state index in [9.17, 15) is 8.42 Å². The molecule has 1 N–H and O–H groups in total. The Hall–Kier alpha value is -3.17. The molecule has 0 saturated heterocycles. The van der Waals surface area contributed by atoms with Crippen LogP contribution in [0.5, 0.6) is 5.88 Å². The number of hydrogen-bond donors (Lipinski definition) is 1. The van der Waals surface area contributed by atoms with Crippen molar-refractivity contribution in [3.8, 4) is 5.88 Å². The highest BCUT2D eigenvalue weighted by Crippen LogP contribution is 2.29. The fourth-order valence-corrected chi connectivity index (χ4v) is 4.33. The molecule has 0 fully saturated rings. The van der Waals surface area contributed by atoms with Crippen molar-refractivity contribution in [3.05, 3.63) is 77.5 Å². The fraction of sp³-hybridized carbons (Fsp3) is 0.105. The molecular formula is C19H16ClN5O3S. The van der Waals surface area contributed by atoms with Crippen LogP contribution >= 0.6 is 11.6 Å². The maximum Gasteiger partial charge on any atom is 0.263 e. The van der Waals surface area contributed by atoms with Gasteiger partial charge in [0.15, 0.2) is 11.5 Å². The summed E-state index contributed by atoms with van der Waals surface area (Å²) in [5, 5.41) is 0.361. The van der Waals surface area contributed by atoms with Crippen molar-refractivity contribution in [1.82, 2.24) is 19.4 Å². The van der Waals surface area contributed by atoms with Gasteiger partial charge in [-0.1, -0.05) is 23.7 Å². The standard InChI is InChI=1S/C19H16ClN5O3S/c1-13-15(20)5-2-6-16(13)29(26,27)24-18-19(23-11-17-22-8-9-25(17)18)28-12-14-4-3-7-21-10-14/h2-11,24H,12H2,1H3. The number of aromatic nitrogens is 4. The van der Waals surface area contributed by atoms with E-state index in [1.165, 1.54) is 12.3 Å². The van der Waals surface area contributed by atoms with Crippen LogP contribution < -0.4 is 9.46 Å². The lowest BCUT2D eigenvalue weighted by Gasteiger charge is -2.15. The molecule has 0 saturated carbocycles. The summed E-state index contributed by atoms with van der Waals surface area (Å²) >= 11 is 6.10. The zero-order chi connectivity index (χ0) is 20.4. The van der Waals surface area contributed by atoms with Gasteiger partial charge in [-0.2, -0.15) is 0 Å². The van der Waals surface area contributed by atoms with Crippen LogP contribution in [0, 0.1) is 6.92 Å². The average molecular weight is 430 g/mol. The summed E-state index contributed by atoms with van der Waals surface area (Å²) in [5.74, 6) is 0.255. The van der Waals surface area contributed by atoms with Crippen molar-refractivity contribution in [3.63, 3.8) is 0 Å². The van der Waals surface area contributed by atoms with Crippen molar-refractivity contribution in [2.45, 2.75) is 18.4 Å². The van der Waals surface area contributed by atoms with Crippen LogP contribution in [0.3, 0.4) is 0 Å². The molecule has 0 unspecified atom stereocenters. The van der Waals surface area contributed by atoms with Gasteiger partial charge in [-0.25, -0.2) is 18.4 Å². The normalized spacial score (nSPS) is 11.5. The quantitative estimate of drug-likeness (QED) is 0.504. The highest BCUT2D eigenvalue weighted by molar-refractivity contribution is 7.92. The molecule has 4 aromatic rings. The molecular weight excluding hydrogens is 414 g/mol. The number of pyridine rings is 1. The van der Waals surface area contributed by atoms with Crippen molar-refractivity contribution >= 4 is 33.1 Å². The zero-order valence-electron chi connectivity index (χ0n) is 15.3. The molecule has 0 bridgehead atoms. The van der Waals surface area contributed by atoms with Gasteiger partial charge in [0.25, 0.3) is 15.9 Å². The second-order valence-corrected chi connectivity index (χ2v) is 8.24. The van der Waals surface area contributed by atoms with Gasteiger partial charge in [0.05, 0.1) is 11.1 Å². The Labute approximate surface area is 172 Å². The van der Waals surface area contributed by atoms with Crippen molar-refractivity contribution < 1.29 is 13.2 Å². The molecule has 0 aliphatic heterocycles. The van der Waals surface area contributed by atoms with E-state index in [1.54, 1.807) is 54.3 Å². The van der Waals surface area contributed by atoms with Crippen molar-refractivity contribution in [2.75, 3.05) is 4.72 Å². The molecule has 148 valence electrons. The number of fused-ring (bicyclic) bond motifs is 1. The molecule has 4 rings (SSSR count). The topological polar surface area (TPSA) is 98.5 Å². The summed E-state index contributed by atoms with van der Waals surface area (Å²) in [7, 11) is -3.96. The van der Waals surface area contributed by atoms with Crippen LogP contribution in [0.2, 0.25) is 5.02 Å². The first-order valence-corrected chi connectivity index (χ1v) is 10.4. The summed E-state index contributed by atoms with van der Waals surface area (Å²) in [6, 6.07) is 8.34. The molecule has 0 aliphatic rings. The van der Waals surface area contributed by atoms with Gasteiger partial charge in [-0.3, -0.25) is 14.1 Å². The summed E-state index contributed by atoms with van der Waals surface area (Å²) in [6.07, 6.45) is 7.99. The summed E-state index contributed by atoms with van der Waals surface area (Å²) < 4.78 is 36.1. The van der Waals surface area contributed by atoms with Gasteiger partial charge in [-0.05, 0) is 30.7 Å². The number of halogens is 1. The number of anilines is 1. The van der Waals surface area contributed by atoms with E-state index in [0.29, 0.717) is 16.2 Å². The Morgan fingerprint density at radius 1 is 1.14 bits per heavy atom. The van der Waals surface area contributed by atoms with E-state index < -0.39 is 10.0 Å². The lowest BCUT2D eigenvalue weighted by Crippen LogP contribution is -2.18. The second-order valence-electron chi connectivity index (χ2n) is 6.19. The molecule has 0 spiro atoms. The third-order valence-corrected chi connectivity index (χ3v) is 6.14. The molecule has 8 nitrogen and oxygen atoms in total. The van der Waals surface area contributed by atoms with Crippen LogP contribution in [-0.2, 0) is 16.6 Å². The molecule has 10 heteroatoms. The number of rotatable bonds is 6. The predicted octanol–water partition coefficient (Wildman–Crippen LogP) is 3.47. The Kier molecular flexibility index (Phi) is 5.08. The first-order chi connectivity index (χ1) is 14.0. The van der Waals surface area contributed by atoms with Gasteiger partial charge >= 0.3 is 0 Å².